The molecule has 2 aliphatic heterocycles. The van der Waals surface area contributed by atoms with E-state index >= 15 is 0 Å². The summed E-state index contributed by atoms with van der Waals surface area (Å²) in [5.74, 6) is 1.14. The highest BCUT2D eigenvalue weighted by atomic mass is 16.2. The monoisotopic (exact) mass is 328 g/mol. The minimum atomic E-state index is -0.195. The maximum Gasteiger partial charge on any atom is 0.228 e. The van der Waals surface area contributed by atoms with Crippen LogP contribution in [-0.2, 0) is 16.0 Å². The number of hydrogen-bond donors (Lipinski definition) is 0. The molecule has 24 heavy (non-hydrogen) atoms. The van der Waals surface area contributed by atoms with Crippen LogP contribution in [0, 0.1) is 17.8 Å². The molecule has 0 bridgehead atoms. The minimum Gasteiger partial charge on any atom is -0.342 e. The van der Waals surface area contributed by atoms with Crippen LogP contribution in [0.4, 0.5) is 5.69 Å². The predicted molar refractivity (Wildman–Crippen MR) is 95.8 cm³/mol. The average Bonchev–Trinajstić information content (AvgIpc) is 2.94. The Morgan fingerprint density at radius 1 is 1.12 bits per heavy atom. The van der Waals surface area contributed by atoms with Crippen LogP contribution < -0.4 is 4.90 Å². The molecule has 0 spiro atoms. The van der Waals surface area contributed by atoms with Crippen LogP contribution in [-0.4, -0.2) is 36.3 Å². The Hall–Kier alpha value is -1.84. The lowest BCUT2D eigenvalue weighted by Gasteiger charge is -2.36. The number of likely N-dealkylation sites (tertiary alicyclic amines) is 1. The number of benzene rings is 1. The molecular weight excluding hydrogens is 300 g/mol. The SMILES string of the molecule is CCc1ccccc1N1CC(C(=O)N2CC(C)CC(C)C2)CC1=O. The van der Waals surface area contributed by atoms with Gasteiger partial charge >= 0.3 is 0 Å². The zero-order valence-corrected chi connectivity index (χ0v) is 15.0. The third-order valence-electron chi connectivity index (χ3n) is 5.32. The van der Waals surface area contributed by atoms with Crippen LogP contribution in [0.15, 0.2) is 24.3 Å². The number of anilines is 1. The Balaban J connectivity index is 1.73. The molecule has 1 aromatic carbocycles. The zero-order valence-electron chi connectivity index (χ0n) is 15.0. The normalized spacial score (nSPS) is 27.6. The number of aryl methyl sites for hydroxylation is 1. The van der Waals surface area contributed by atoms with E-state index in [1.807, 2.05) is 28.0 Å². The van der Waals surface area contributed by atoms with Crippen molar-refractivity contribution in [3.63, 3.8) is 0 Å². The first-order chi connectivity index (χ1) is 11.5. The molecule has 130 valence electrons. The largest absolute Gasteiger partial charge is 0.342 e. The first kappa shape index (κ1) is 17.0. The van der Waals surface area contributed by atoms with Gasteiger partial charge in [-0.05, 0) is 36.3 Å². The molecule has 3 rings (SSSR count). The third-order valence-corrected chi connectivity index (χ3v) is 5.32. The van der Waals surface area contributed by atoms with Gasteiger partial charge in [-0.1, -0.05) is 39.0 Å². The van der Waals surface area contributed by atoms with Gasteiger partial charge in [0.2, 0.25) is 11.8 Å². The molecule has 2 aliphatic rings. The molecule has 2 heterocycles. The number of nitrogens with zero attached hydrogens (tertiary/aromatic N) is 2. The molecular formula is C20H28N2O2. The zero-order chi connectivity index (χ0) is 17.3. The molecule has 0 radical (unpaired) electrons. The van der Waals surface area contributed by atoms with Gasteiger partial charge in [0.05, 0.1) is 5.92 Å². The van der Waals surface area contributed by atoms with Gasteiger partial charge in [0, 0.05) is 31.7 Å². The van der Waals surface area contributed by atoms with Crippen molar-refractivity contribution in [3.05, 3.63) is 29.8 Å². The number of hydrogen-bond acceptors (Lipinski definition) is 2. The fourth-order valence-electron chi connectivity index (χ4n) is 4.28. The summed E-state index contributed by atoms with van der Waals surface area (Å²) >= 11 is 0. The van der Waals surface area contributed by atoms with Crippen LogP contribution in [0.25, 0.3) is 0 Å². The van der Waals surface area contributed by atoms with Gasteiger partial charge in [-0.3, -0.25) is 9.59 Å². The van der Waals surface area contributed by atoms with E-state index in [2.05, 4.69) is 26.8 Å². The summed E-state index contributed by atoms with van der Waals surface area (Å²) in [6, 6.07) is 8.02. The fraction of sp³-hybridized carbons (Fsp3) is 0.600. The summed E-state index contributed by atoms with van der Waals surface area (Å²) in [4.78, 5) is 29.2. The number of piperidine rings is 1. The molecule has 2 amide bonds. The molecule has 2 fully saturated rings. The Morgan fingerprint density at radius 2 is 1.79 bits per heavy atom. The lowest BCUT2D eigenvalue weighted by Crippen LogP contribution is -2.45. The Labute approximate surface area is 144 Å². The van der Waals surface area contributed by atoms with E-state index in [0.717, 1.165) is 25.2 Å². The number of carbonyl (C=O) groups excluding carboxylic acids is 2. The quantitative estimate of drug-likeness (QED) is 0.855. The van der Waals surface area contributed by atoms with Crippen molar-refractivity contribution in [2.75, 3.05) is 24.5 Å². The number of carbonyl (C=O) groups is 2. The van der Waals surface area contributed by atoms with E-state index in [0.29, 0.717) is 24.8 Å². The second kappa shape index (κ2) is 6.96. The summed E-state index contributed by atoms with van der Waals surface area (Å²) in [6.45, 7) is 8.70. The van der Waals surface area contributed by atoms with Crippen LogP contribution in [0.2, 0.25) is 0 Å². The molecule has 2 saturated heterocycles. The molecule has 0 saturated carbocycles. The second-order valence-corrected chi connectivity index (χ2v) is 7.58. The maximum atomic E-state index is 12.9. The van der Waals surface area contributed by atoms with Gasteiger partial charge in [-0.25, -0.2) is 0 Å². The van der Waals surface area contributed by atoms with Crippen molar-refractivity contribution in [3.8, 4) is 0 Å². The highest BCUT2D eigenvalue weighted by Crippen LogP contribution is 2.31. The van der Waals surface area contributed by atoms with Crippen LogP contribution in [0.3, 0.4) is 0 Å². The van der Waals surface area contributed by atoms with Crippen molar-refractivity contribution in [2.45, 2.75) is 40.0 Å². The lowest BCUT2D eigenvalue weighted by molar-refractivity contribution is -0.138. The van der Waals surface area contributed by atoms with Gasteiger partial charge in [-0.2, -0.15) is 0 Å². The molecule has 4 nitrogen and oxygen atoms in total. The third kappa shape index (κ3) is 3.33. The molecule has 3 unspecified atom stereocenters. The van der Waals surface area contributed by atoms with Crippen molar-refractivity contribution in [2.24, 2.45) is 17.8 Å². The summed E-state index contributed by atoms with van der Waals surface area (Å²) < 4.78 is 0. The summed E-state index contributed by atoms with van der Waals surface area (Å²) in [6.07, 6.45) is 2.42. The highest BCUT2D eigenvalue weighted by Gasteiger charge is 2.39. The van der Waals surface area contributed by atoms with E-state index in [9.17, 15) is 9.59 Å². The number of para-hydroxylation sites is 1. The smallest absolute Gasteiger partial charge is 0.228 e. The molecule has 3 atom stereocenters. The molecule has 4 heteroatoms. The molecule has 0 N–H and O–H groups in total. The Bertz CT molecular complexity index is 618. The van der Waals surface area contributed by atoms with E-state index in [1.165, 1.54) is 12.0 Å². The van der Waals surface area contributed by atoms with E-state index in [4.69, 9.17) is 0 Å². The van der Waals surface area contributed by atoms with Gasteiger partial charge in [0.15, 0.2) is 0 Å². The van der Waals surface area contributed by atoms with Gasteiger partial charge in [0.25, 0.3) is 0 Å². The van der Waals surface area contributed by atoms with Crippen LogP contribution >= 0.6 is 0 Å². The predicted octanol–water partition coefficient (Wildman–Crippen LogP) is 3.11. The molecule has 0 aliphatic carbocycles. The van der Waals surface area contributed by atoms with E-state index in [1.54, 1.807) is 0 Å². The first-order valence-electron chi connectivity index (χ1n) is 9.16. The number of amides is 2. The van der Waals surface area contributed by atoms with Crippen molar-refractivity contribution in [1.29, 1.82) is 0 Å². The van der Waals surface area contributed by atoms with E-state index in [-0.39, 0.29) is 17.7 Å². The molecule has 0 aromatic heterocycles. The summed E-state index contributed by atoms with van der Waals surface area (Å²) in [5.41, 5.74) is 2.14. The summed E-state index contributed by atoms with van der Waals surface area (Å²) in [7, 11) is 0. The minimum absolute atomic E-state index is 0.0763. The fourth-order valence-corrected chi connectivity index (χ4v) is 4.28. The number of rotatable bonds is 3. The van der Waals surface area contributed by atoms with Crippen molar-refractivity contribution >= 4 is 17.5 Å². The summed E-state index contributed by atoms with van der Waals surface area (Å²) in [5, 5.41) is 0. The van der Waals surface area contributed by atoms with Crippen molar-refractivity contribution in [1.82, 2.24) is 4.90 Å². The van der Waals surface area contributed by atoms with Crippen LogP contribution in [0.5, 0.6) is 0 Å². The van der Waals surface area contributed by atoms with Crippen LogP contribution in [0.1, 0.15) is 39.2 Å². The lowest BCUT2D eigenvalue weighted by atomic mass is 9.91. The molecule has 1 aromatic rings. The van der Waals surface area contributed by atoms with Gasteiger partial charge in [-0.15, -0.1) is 0 Å². The average molecular weight is 328 g/mol. The standard InChI is InChI=1S/C20H28N2O2/c1-4-16-7-5-6-8-18(16)22-13-17(10-19(22)23)20(24)21-11-14(2)9-15(3)12-21/h5-8,14-15,17H,4,9-13H2,1-3H3. The topological polar surface area (TPSA) is 40.6 Å². The maximum absolute atomic E-state index is 12.9. The van der Waals surface area contributed by atoms with E-state index < -0.39 is 0 Å². The Morgan fingerprint density at radius 3 is 2.46 bits per heavy atom. The van der Waals surface area contributed by atoms with Crippen molar-refractivity contribution < 1.29 is 9.59 Å². The second-order valence-electron chi connectivity index (χ2n) is 7.58. The first-order valence-corrected chi connectivity index (χ1v) is 9.16. The van der Waals surface area contributed by atoms with Gasteiger partial charge in [0.1, 0.15) is 0 Å². The Kier molecular flexibility index (Phi) is 4.93. The van der Waals surface area contributed by atoms with Gasteiger partial charge < -0.3 is 9.80 Å². The highest BCUT2D eigenvalue weighted by molar-refractivity contribution is 6.00.